The van der Waals surface area contributed by atoms with E-state index in [0.717, 1.165) is 16.5 Å². The van der Waals surface area contributed by atoms with E-state index < -0.39 is 17.7 Å². The number of esters is 1. The summed E-state index contributed by atoms with van der Waals surface area (Å²) in [5.74, 6) is -2.25. The van der Waals surface area contributed by atoms with Gasteiger partial charge in [-0.05, 0) is 61.8 Å². The average molecular weight is 367 g/mol. The second kappa shape index (κ2) is 7.29. The number of aryl methyl sites for hydroxylation is 1. The van der Waals surface area contributed by atoms with Gasteiger partial charge in [0, 0.05) is 10.9 Å². The summed E-state index contributed by atoms with van der Waals surface area (Å²) in [6.07, 6.45) is 7.33. The minimum atomic E-state index is -0.928. The van der Waals surface area contributed by atoms with Crippen LogP contribution < -0.4 is 0 Å². The van der Waals surface area contributed by atoms with Crippen molar-refractivity contribution in [3.63, 3.8) is 0 Å². The second-order valence-electron chi connectivity index (χ2n) is 7.66. The van der Waals surface area contributed by atoms with E-state index in [-0.39, 0.29) is 12.4 Å². The lowest BCUT2D eigenvalue weighted by atomic mass is 9.81. The van der Waals surface area contributed by atoms with Gasteiger partial charge in [-0.1, -0.05) is 25.3 Å². The van der Waals surface area contributed by atoms with E-state index in [2.05, 4.69) is 17.1 Å². The molecule has 0 amide bonds. The lowest BCUT2D eigenvalue weighted by Crippen LogP contribution is -2.35. The highest BCUT2D eigenvalue weighted by Gasteiger charge is 2.38. The zero-order valence-corrected chi connectivity index (χ0v) is 15.7. The Morgan fingerprint density at radius 2 is 1.93 bits per heavy atom. The van der Waals surface area contributed by atoms with Crippen molar-refractivity contribution in [2.75, 3.05) is 6.61 Å². The molecule has 1 heterocycles. The molecule has 0 bridgehead atoms. The Balaban J connectivity index is 1.65. The van der Waals surface area contributed by atoms with Crippen molar-refractivity contribution in [3.8, 4) is 0 Å². The van der Waals surface area contributed by atoms with Crippen molar-refractivity contribution in [3.05, 3.63) is 35.0 Å². The number of rotatable bonds is 4. The SMILES string of the molecule is CCOC(=O)C(=O)[C@H]1CCc2c([nH]c3ccc(C4CCCCC4)cc23)C1=O. The Kier molecular flexibility index (Phi) is 4.85. The van der Waals surface area contributed by atoms with Gasteiger partial charge in [0.15, 0.2) is 5.78 Å². The highest BCUT2D eigenvalue weighted by Crippen LogP contribution is 2.37. The molecule has 2 aromatic rings. The van der Waals surface area contributed by atoms with Crippen LogP contribution in [0.3, 0.4) is 0 Å². The summed E-state index contributed by atoms with van der Waals surface area (Å²) in [6, 6.07) is 6.43. The Morgan fingerprint density at radius 1 is 1.15 bits per heavy atom. The van der Waals surface area contributed by atoms with E-state index in [1.165, 1.54) is 37.7 Å². The van der Waals surface area contributed by atoms with Gasteiger partial charge < -0.3 is 9.72 Å². The fraction of sp³-hybridized carbons (Fsp3) is 0.500. The molecule has 5 nitrogen and oxygen atoms in total. The average Bonchev–Trinajstić information content (AvgIpc) is 3.07. The smallest absolute Gasteiger partial charge is 0.375 e. The largest absolute Gasteiger partial charge is 0.460 e. The molecule has 0 aliphatic heterocycles. The third-order valence-electron chi connectivity index (χ3n) is 6.05. The Labute approximate surface area is 158 Å². The Hall–Kier alpha value is -2.43. The second-order valence-corrected chi connectivity index (χ2v) is 7.66. The molecule has 1 saturated carbocycles. The number of carbonyl (C=O) groups is 3. The lowest BCUT2D eigenvalue weighted by Gasteiger charge is -2.22. The van der Waals surface area contributed by atoms with Gasteiger partial charge in [-0.25, -0.2) is 4.79 Å². The summed E-state index contributed by atoms with van der Waals surface area (Å²) in [6.45, 7) is 1.78. The summed E-state index contributed by atoms with van der Waals surface area (Å²) >= 11 is 0. The molecule has 1 fully saturated rings. The number of aromatic nitrogens is 1. The number of ether oxygens (including phenoxy) is 1. The number of hydrogen-bond acceptors (Lipinski definition) is 4. The third kappa shape index (κ3) is 3.20. The van der Waals surface area contributed by atoms with Crippen LogP contribution in [0, 0.1) is 5.92 Å². The van der Waals surface area contributed by atoms with Crippen LogP contribution in [-0.4, -0.2) is 29.1 Å². The summed E-state index contributed by atoms with van der Waals surface area (Å²) < 4.78 is 4.78. The molecule has 1 aromatic carbocycles. The molecule has 0 saturated heterocycles. The van der Waals surface area contributed by atoms with Gasteiger partial charge in [-0.2, -0.15) is 0 Å². The first-order chi connectivity index (χ1) is 13.1. The topological polar surface area (TPSA) is 76.2 Å². The number of Topliss-reactive ketones (excluding diaryl/α,β-unsaturated/α-hetero) is 2. The summed E-state index contributed by atoms with van der Waals surface area (Å²) in [7, 11) is 0. The molecule has 1 atom stereocenters. The van der Waals surface area contributed by atoms with Crippen molar-refractivity contribution >= 4 is 28.4 Å². The molecule has 2 aliphatic carbocycles. The van der Waals surface area contributed by atoms with Crippen LogP contribution in [0.5, 0.6) is 0 Å². The van der Waals surface area contributed by atoms with Gasteiger partial charge in [0.2, 0.25) is 0 Å². The first kappa shape index (κ1) is 18.0. The van der Waals surface area contributed by atoms with Gasteiger partial charge in [-0.3, -0.25) is 9.59 Å². The monoisotopic (exact) mass is 367 g/mol. The van der Waals surface area contributed by atoms with Gasteiger partial charge in [0.05, 0.1) is 18.2 Å². The predicted octanol–water partition coefficient (Wildman–Crippen LogP) is 4.09. The van der Waals surface area contributed by atoms with Gasteiger partial charge >= 0.3 is 5.97 Å². The Bertz CT molecular complexity index is 904. The van der Waals surface area contributed by atoms with E-state index in [0.29, 0.717) is 24.5 Å². The number of H-pyrrole nitrogens is 1. The van der Waals surface area contributed by atoms with Crippen molar-refractivity contribution in [2.24, 2.45) is 5.92 Å². The summed E-state index contributed by atoms with van der Waals surface area (Å²) in [5, 5.41) is 1.09. The molecule has 1 aromatic heterocycles. The molecular weight excluding hydrogens is 342 g/mol. The van der Waals surface area contributed by atoms with Crippen LogP contribution in [0.2, 0.25) is 0 Å². The van der Waals surface area contributed by atoms with Crippen LogP contribution in [0.15, 0.2) is 18.2 Å². The van der Waals surface area contributed by atoms with Crippen molar-refractivity contribution in [2.45, 2.75) is 57.8 Å². The molecule has 5 heteroatoms. The van der Waals surface area contributed by atoms with Crippen molar-refractivity contribution in [1.82, 2.24) is 4.98 Å². The van der Waals surface area contributed by atoms with Crippen molar-refractivity contribution in [1.29, 1.82) is 0 Å². The highest BCUT2D eigenvalue weighted by molar-refractivity contribution is 6.39. The van der Waals surface area contributed by atoms with Crippen LogP contribution in [0.4, 0.5) is 0 Å². The van der Waals surface area contributed by atoms with Crippen molar-refractivity contribution < 1.29 is 19.1 Å². The normalized spacial score (nSPS) is 20.5. The number of ketones is 2. The lowest BCUT2D eigenvalue weighted by molar-refractivity contribution is -0.154. The number of fused-ring (bicyclic) bond motifs is 3. The van der Waals surface area contributed by atoms with E-state index in [1.807, 2.05) is 6.07 Å². The zero-order chi connectivity index (χ0) is 19.0. The van der Waals surface area contributed by atoms with E-state index in [4.69, 9.17) is 4.74 Å². The molecular formula is C22H25NO4. The molecule has 142 valence electrons. The molecule has 4 rings (SSSR count). The molecule has 1 N–H and O–H groups in total. The maximum absolute atomic E-state index is 12.9. The molecule has 27 heavy (non-hydrogen) atoms. The predicted molar refractivity (Wildman–Crippen MR) is 102 cm³/mol. The molecule has 2 aliphatic rings. The number of aromatic amines is 1. The maximum atomic E-state index is 12.9. The number of benzene rings is 1. The molecule has 0 unspecified atom stereocenters. The van der Waals surface area contributed by atoms with Crippen LogP contribution in [-0.2, 0) is 20.7 Å². The third-order valence-corrected chi connectivity index (χ3v) is 6.05. The minimum absolute atomic E-state index is 0.132. The van der Waals surface area contributed by atoms with E-state index in [1.54, 1.807) is 6.92 Å². The maximum Gasteiger partial charge on any atom is 0.375 e. The molecule has 0 radical (unpaired) electrons. The van der Waals surface area contributed by atoms with E-state index >= 15 is 0 Å². The quantitative estimate of drug-likeness (QED) is 0.502. The first-order valence-electron chi connectivity index (χ1n) is 9.99. The minimum Gasteiger partial charge on any atom is -0.460 e. The highest BCUT2D eigenvalue weighted by atomic mass is 16.5. The van der Waals surface area contributed by atoms with Crippen LogP contribution >= 0.6 is 0 Å². The van der Waals surface area contributed by atoms with Crippen LogP contribution in [0.1, 0.15) is 73.0 Å². The first-order valence-corrected chi connectivity index (χ1v) is 9.99. The summed E-state index contributed by atoms with van der Waals surface area (Å²) in [4.78, 5) is 40.1. The van der Waals surface area contributed by atoms with Gasteiger partial charge in [0.1, 0.15) is 0 Å². The standard InChI is InChI=1S/C22H25NO4/c1-2-27-22(26)21(25)16-10-9-15-17-12-14(13-6-4-3-5-7-13)8-11-18(17)23-19(15)20(16)24/h8,11-13,16,23H,2-7,9-10H2,1H3/t16-/m0/s1. The fourth-order valence-electron chi connectivity index (χ4n) is 4.61. The number of hydrogen-bond donors (Lipinski definition) is 1. The summed E-state index contributed by atoms with van der Waals surface area (Å²) in [5.41, 5.74) is 3.75. The number of carbonyl (C=O) groups excluding carboxylic acids is 3. The van der Waals surface area contributed by atoms with Crippen LogP contribution in [0.25, 0.3) is 10.9 Å². The van der Waals surface area contributed by atoms with Gasteiger partial charge in [0.25, 0.3) is 5.78 Å². The molecule has 0 spiro atoms. The van der Waals surface area contributed by atoms with Gasteiger partial charge in [-0.15, -0.1) is 0 Å². The number of nitrogens with one attached hydrogen (secondary N) is 1. The zero-order valence-electron chi connectivity index (χ0n) is 15.7. The van der Waals surface area contributed by atoms with E-state index in [9.17, 15) is 14.4 Å². The fourth-order valence-corrected chi connectivity index (χ4v) is 4.61. The Morgan fingerprint density at radius 3 is 2.67 bits per heavy atom.